The minimum Gasteiger partial charge on any atom is -0.312 e. The molecule has 2 unspecified atom stereocenters. The summed E-state index contributed by atoms with van der Waals surface area (Å²) in [6.07, 6.45) is 1.10. The molecule has 4 rings (SSSR count). The molecule has 0 aromatic heterocycles. The van der Waals surface area contributed by atoms with Gasteiger partial charge in [0.1, 0.15) is 0 Å². The summed E-state index contributed by atoms with van der Waals surface area (Å²) in [5, 5.41) is 6.28. The number of hydrogen-bond acceptors (Lipinski definition) is 2. The molecule has 0 saturated heterocycles. The van der Waals surface area contributed by atoms with Crippen molar-refractivity contribution < 1.29 is 0 Å². The van der Waals surface area contributed by atoms with Crippen molar-refractivity contribution in [1.29, 1.82) is 0 Å². The van der Waals surface area contributed by atoms with Crippen molar-refractivity contribution in [2.75, 3.05) is 20.6 Å². The third-order valence-electron chi connectivity index (χ3n) is 6.66. The molecule has 1 N–H and O–H groups in total. The molecule has 1 aliphatic rings. The molecular formula is C25H30N2. The highest BCUT2D eigenvalue weighted by molar-refractivity contribution is 5.83. The van der Waals surface area contributed by atoms with Crippen LogP contribution in [0.25, 0.3) is 10.8 Å². The molecular weight excluding hydrogens is 328 g/mol. The molecule has 2 nitrogen and oxygen atoms in total. The van der Waals surface area contributed by atoms with Crippen LogP contribution in [-0.4, -0.2) is 25.5 Å². The number of benzene rings is 3. The van der Waals surface area contributed by atoms with Crippen LogP contribution in [0, 0.1) is 0 Å². The normalized spacial score (nSPS) is 19.1. The highest BCUT2D eigenvalue weighted by Gasteiger charge is 2.29. The lowest BCUT2D eigenvalue weighted by Crippen LogP contribution is -2.38. The first kappa shape index (κ1) is 18.2. The van der Waals surface area contributed by atoms with E-state index in [9.17, 15) is 0 Å². The van der Waals surface area contributed by atoms with Gasteiger partial charge in [-0.05, 0) is 60.5 Å². The number of rotatable bonds is 4. The molecule has 0 bridgehead atoms. The van der Waals surface area contributed by atoms with Gasteiger partial charge in [0.2, 0.25) is 0 Å². The molecule has 1 aliphatic heterocycles. The van der Waals surface area contributed by atoms with Crippen LogP contribution in [0.1, 0.15) is 48.4 Å². The summed E-state index contributed by atoms with van der Waals surface area (Å²) in [5.74, 6) is 0.416. The van der Waals surface area contributed by atoms with Gasteiger partial charge in [0.05, 0.1) is 0 Å². The van der Waals surface area contributed by atoms with Gasteiger partial charge in [0.15, 0.2) is 0 Å². The highest BCUT2D eigenvalue weighted by Crippen LogP contribution is 2.36. The van der Waals surface area contributed by atoms with E-state index >= 15 is 0 Å². The van der Waals surface area contributed by atoms with E-state index in [2.05, 4.69) is 98.8 Å². The second kappa shape index (κ2) is 7.10. The summed E-state index contributed by atoms with van der Waals surface area (Å²) in [6, 6.07) is 22.7. The van der Waals surface area contributed by atoms with Crippen molar-refractivity contribution in [3.8, 4) is 0 Å². The van der Waals surface area contributed by atoms with E-state index in [1.807, 2.05) is 0 Å². The lowest BCUT2D eigenvalue weighted by molar-refractivity contribution is 0.167. The van der Waals surface area contributed by atoms with Gasteiger partial charge in [0.25, 0.3) is 0 Å². The zero-order valence-corrected chi connectivity index (χ0v) is 16.9. The van der Waals surface area contributed by atoms with Gasteiger partial charge in [-0.2, -0.15) is 0 Å². The third-order valence-corrected chi connectivity index (χ3v) is 6.66. The standard InChI is InChI=1S/C25H30N2/c1-5-25(2,27(3)4)22-12-13-23-21(15-22)16-26-17-24(23)20-11-10-18-8-6-7-9-19(18)14-20/h6-15,24,26H,5,16-17H2,1-4H3. The Hall–Kier alpha value is -2.16. The van der Waals surface area contributed by atoms with Gasteiger partial charge >= 0.3 is 0 Å². The summed E-state index contributed by atoms with van der Waals surface area (Å²) in [7, 11) is 4.36. The summed E-state index contributed by atoms with van der Waals surface area (Å²) in [6.45, 7) is 6.57. The second-order valence-corrected chi connectivity index (χ2v) is 8.23. The summed E-state index contributed by atoms with van der Waals surface area (Å²) in [5.41, 5.74) is 5.81. The van der Waals surface area contributed by atoms with Gasteiger partial charge in [-0.15, -0.1) is 0 Å². The smallest absolute Gasteiger partial charge is 0.0423 e. The third kappa shape index (κ3) is 3.18. The predicted octanol–water partition coefficient (Wildman–Crippen LogP) is 5.26. The zero-order chi connectivity index (χ0) is 19.0. The Labute approximate surface area is 163 Å². The van der Waals surface area contributed by atoms with Gasteiger partial charge in [0, 0.05) is 24.5 Å². The van der Waals surface area contributed by atoms with Crippen LogP contribution >= 0.6 is 0 Å². The van der Waals surface area contributed by atoms with Crippen LogP contribution in [0.2, 0.25) is 0 Å². The first-order chi connectivity index (χ1) is 13.0. The maximum absolute atomic E-state index is 3.65. The van der Waals surface area contributed by atoms with Gasteiger partial charge in [-0.25, -0.2) is 0 Å². The van der Waals surface area contributed by atoms with Crippen LogP contribution in [-0.2, 0) is 12.1 Å². The fourth-order valence-electron chi connectivity index (χ4n) is 4.40. The largest absolute Gasteiger partial charge is 0.312 e. The maximum Gasteiger partial charge on any atom is 0.0423 e. The van der Waals surface area contributed by atoms with E-state index in [1.165, 1.54) is 33.0 Å². The summed E-state index contributed by atoms with van der Waals surface area (Å²) in [4.78, 5) is 2.34. The first-order valence-electron chi connectivity index (χ1n) is 10.0. The first-order valence-corrected chi connectivity index (χ1v) is 10.0. The summed E-state index contributed by atoms with van der Waals surface area (Å²) >= 11 is 0. The number of fused-ring (bicyclic) bond motifs is 2. The Morgan fingerprint density at radius 2 is 1.78 bits per heavy atom. The lowest BCUT2D eigenvalue weighted by Gasteiger charge is -2.37. The van der Waals surface area contributed by atoms with Crippen LogP contribution in [0.5, 0.6) is 0 Å². The van der Waals surface area contributed by atoms with Gasteiger partial charge in [-0.1, -0.05) is 67.6 Å². The molecule has 3 aromatic carbocycles. The Kier molecular flexibility index (Phi) is 4.79. The molecule has 3 aromatic rings. The SMILES string of the molecule is CCC(C)(c1ccc2c(c1)CNCC2c1ccc2ccccc2c1)N(C)C. The molecule has 2 heteroatoms. The van der Waals surface area contributed by atoms with Crippen molar-refractivity contribution in [3.63, 3.8) is 0 Å². The number of nitrogens with zero attached hydrogens (tertiary/aromatic N) is 1. The van der Waals surface area contributed by atoms with Gasteiger partial charge < -0.3 is 5.32 Å². The van der Waals surface area contributed by atoms with Crippen LogP contribution in [0.3, 0.4) is 0 Å². The summed E-state index contributed by atoms with van der Waals surface area (Å²) < 4.78 is 0. The fraction of sp³-hybridized carbons (Fsp3) is 0.360. The van der Waals surface area contributed by atoms with Crippen molar-refractivity contribution in [2.24, 2.45) is 0 Å². The topological polar surface area (TPSA) is 15.3 Å². The average molecular weight is 359 g/mol. The Morgan fingerprint density at radius 1 is 1.00 bits per heavy atom. The van der Waals surface area contributed by atoms with E-state index in [0.29, 0.717) is 5.92 Å². The highest BCUT2D eigenvalue weighted by atomic mass is 15.1. The average Bonchev–Trinajstić information content (AvgIpc) is 2.71. The fourth-order valence-corrected chi connectivity index (χ4v) is 4.40. The molecule has 0 fully saturated rings. The second-order valence-electron chi connectivity index (χ2n) is 8.23. The van der Waals surface area contributed by atoms with Crippen LogP contribution < -0.4 is 5.32 Å². The van der Waals surface area contributed by atoms with E-state index in [0.717, 1.165) is 19.5 Å². The monoisotopic (exact) mass is 358 g/mol. The maximum atomic E-state index is 3.65. The Bertz CT molecular complexity index is 959. The molecule has 0 saturated carbocycles. The van der Waals surface area contributed by atoms with Crippen LogP contribution in [0.4, 0.5) is 0 Å². The Morgan fingerprint density at radius 3 is 2.52 bits per heavy atom. The number of hydrogen-bond donors (Lipinski definition) is 1. The van der Waals surface area contributed by atoms with Crippen molar-refractivity contribution in [2.45, 2.75) is 38.3 Å². The molecule has 2 atom stereocenters. The van der Waals surface area contributed by atoms with Crippen molar-refractivity contribution in [1.82, 2.24) is 10.2 Å². The van der Waals surface area contributed by atoms with E-state index in [-0.39, 0.29) is 5.54 Å². The molecule has 1 heterocycles. The minimum absolute atomic E-state index is 0.0743. The zero-order valence-electron chi connectivity index (χ0n) is 16.9. The lowest BCUT2D eigenvalue weighted by atomic mass is 9.80. The van der Waals surface area contributed by atoms with Gasteiger partial charge in [-0.3, -0.25) is 4.90 Å². The molecule has 140 valence electrons. The number of nitrogens with one attached hydrogen (secondary N) is 1. The van der Waals surface area contributed by atoms with E-state index < -0.39 is 0 Å². The van der Waals surface area contributed by atoms with E-state index in [1.54, 1.807) is 0 Å². The molecule has 0 amide bonds. The molecule has 0 spiro atoms. The van der Waals surface area contributed by atoms with Crippen LogP contribution in [0.15, 0.2) is 60.7 Å². The quantitative estimate of drug-likeness (QED) is 0.684. The van der Waals surface area contributed by atoms with Crippen molar-refractivity contribution in [3.05, 3.63) is 82.9 Å². The minimum atomic E-state index is 0.0743. The van der Waals surface area contributed by atoms with E-state index in [4.69, 9.17) is 0 Å². The molecule has 27 heavy (non-hydrogen) atoms. The predicted molar refractivity (Wildman–Crippen MR) is 115 cm³/mol. The molecule has 0 aliphatic carbocycles. The molecule has 0 radical (unpaired) electrons. The Balaban J connectivity index is 1.75. The van der Waals surface area contributed by atoms with Crippen molar-refractivity contribution >= 4 is 10.8 Å².